The molecule has 1 saturated heterocycles. The van der Waals surface area contributed by atoms with E-state index in [1.54, 1.807) is 6.07 Å². The minimum absolute atomic E-state index is 0.0112. The monoisotopic (exact) mass is 338 g/mol. The summed E-state index contributed by atoms with van der Waals surface area (Å²) in [7, 11) is 0. The number of rotatable bonds is 5. The smallest absolute Gasteiger partial charge is 0.237 e. The number of hydrogen-bond acceptors (Lipinski definition) is 5. The van der Waals surface area contributed by atoms with E-state index in [2.05, 4.69) is 16.3 Å². The van der Waals surface area contributed by atoms with Gasteiger partial charge in [0.05, 0.1) is 24.2 Å². The summed E-state index contributed by atoms with van der Waals surface area (Å²) in [6, 6.07) is 13.0. The van der Waals surface area contributed by atoms with E-state index < -0.39 is 0 Å². The van der Waals surface area contributed by atoms with Crippen molar-refractivity contribution in [1.29, 1.82) is 5.26 Å². The van der Waals surface area contributed by atoms with Crippen LogP contribution in [0.1, 0.15) is 24.7 Å². The Morgan fingerprint density at radius 2 is 2.20 bits per heavy atom. The average Bonchev–Trinajstić information content (AvgIpc) is 3.22. The number of nitrogens with two attached hydrogens (primary N) is 1. The Morgan fingerprint density at radius 3 is 2.96 bits per heavy atom. The van der Waals surface area contributed by atoms with Gasteiger partial charge in [0.25, 0.3) is 0 Å². The highest BCUT2D eigenvalue weighted by atomic mass is 16.3. The average molecular weight is 338 g/mol. The second-order valence-corrected chi connectivity index (χ2v) is 6.26. The topological polar surface area (TPSA) is 95.3 Å². The Kier molecular flexibility index (Phi) is 5.17. The molecule has 0 aliphatic carbocycles. The number of amides is 1. The number of likely N-dealkylation sites (tertiary alicyclic amines) is 1. The Hall–Kier alpha value is -2.62. The summed E-state index contributed by atoms with van der Waals surface area (Å²) in [5, 5.41) is 12.1. The molecule has 2 atom stereocenters. The van der Waals surface area contributed by atoms with E-state index in [4.69, 9.17) is 10.2 Å². The van der Waals surface area contributed by atoms with Crippen molar-refractivity contribution in [3.63, 3.8) is 0 Å². The van der Waals surface area contributed by atoms with Crippen molar-refractivity contribution in [3.05, 3.63) is 47.7 Å². The maximum Gasteiger partial charge on any atom is 0.237 e. The highest BCUT2D eigenvalue weighted by molar-refractivity contribution is 5.82. The predicted octanol–water partition coefficient (Wildman–Crippen LogP) is 1.86. The quantitative estimate of drug-likeness (QED) is 0.867. The molecule has 2 heterocycles. The van der Waals surface area contributed by atoms with Gasteiger partial charge in [0, 0.05) is 24.7 Å². The molecule has 1 fully saturated rings. The third-order valence-corrected chi connectivity index (χ3v) is 4.42. The maximum absolute atomic E-state index is 12.2. The molecular formula is C19H22N4O2. The van der Waals surface area contributed by atoms with E-state index >= 15 is 0 Å². The Balaban J connectivity index is 1.77. The number of furan rings is 1. The van der Waals surface area contributed by atoms with Gasteiger partial charge in [-0.25, -0.2) is 0 Å². The standard InChI is InChI=1S/C19H22N4O2/c1-2-22-19(24)17-9-14(21)11-23(17)12-15-7-8-18(25-15)16-6-4-3-5-13(16)10-20/h3-8,14,17H,2,9,11-12,21H2,1H3,(H,22,24)/t14-,17-/m0/s1. The molecule has 6 heteroatoms. The van der Waals surface area contributed by atoms with Crippen molar-refractivity contribution in [3.8, 4) is 17.4 Å². The molecule has 6 nitrogen and oxygen atoms in total. The zero-order valence-corrected chi connectivity index (χ0v) is 14.2. The minimum Gasteiger partial charge on any atom is -0.460 e. The van der Waals surface area contributed by atoms with Crippen molar-refractivity contribution in [2.75, 3.05) is 13.1 Å². The highest BCUT2D eigenvalue weighted by Gasteiger charge is 2.35. The van der Waals surface area contributed by atoms with Crippen LogP contribution < -0.4 is 11.1 Å². The lowest BCUT2D eigenvalue weighted by atomic mass is 10.1. The molecule has 0 saturated carbocycles. The molecule has 25 heavy (non-hydrogen) atoms. The van der Waals surface area contributed by atoms with Crippen molar-refractivity contribution >= 4 is 5.91 Å². The fourth-order valence-corrected chi connectivity index (χ4v) is 3.28. The van der Waals surface area contributed by atoms with Crippen LogP contribution >= 0.6 is 0 Å². The number of carbonyl (C=O) groups excluding carboxylic acids is 1. The van der Waals surface area contributed by atoms with Crippen LogP contribution in [0, 0.1) is 11.3 Å². The van der Waals surface area contributed by atoms with Crippen LogP contribution in [0.15, 0.2) is 40.8 Å². The number of nitrogens with zero attached hydrogens (tertiary/aromatic N) is 2. The second kappa shape index (κ2) is 7.51. The minimum atomic E-state index is -0.227. The lowest BCUT2D eigenvalue weighted by Gasteiger charge is -2.22. The second-order valence-electron chi connectivity index (χ2n) is 6.26. The summed E-state index contributed by atoms with van der Waals surface area (Å²) in [4.78, 5) is 14.3. The first kappa shape index (κ1) is 17.2. The normalized spacial score (nSPS) is 20.4. The third kappa shape index (κ3) is 3.73. The van der Waals surface area contributed by atoms with Crippen molar-refractivity contribution in [1.82, 2.24) is 10.2 Å². The fourth-order valence-electron chi connectivity index (χ4n) is 3.28. The van der Waals surface area contributed by atoms with E-state index in [0.717, 1.165) is 11.3 Å². The van der Waals surface area contributed by atoms with E-state index in [1.807, 2.05) is 37.3 Å². The van der Waals surface area contributed by atoms with Gasteiger partial charge in [0.15, 0.2) is 0 Å². The molecular weight excluding hydrogens is 316 g/mol. The van der Waals surface area contributed by atoms with Gasteiger partial charge in [0.2, 0.25) is 5.91 Å². The Labute approximate surface area is 147 Å². The summed E-state index contributed by atoms with van der Waals surface area (Å²) in [6.07, 6.45) is 0.649. The van der Waals surface area contributed by atoms with E-state index in [9.17, 15) is 10.1 Å². The van der Waals surface area contributed by atoms with Gasteiger partial charge < -0.3 is 15.5 Å². The first-order valence-electron chi connectivity index (χ1n) is 8.48. The van der Waals surface area contributed by atoms with Crippen LogP contribution in [0.5, 0.6) is 0 Å². The molecule has 1 aliphatic rings. The Bertz CT molecular complexity index is 793. The number of nitrogens with one attached hydrogen (secondary N) is 1. The van der Waals surface area contributed by atoms with Gasteiger partial charge in [-0.1, -0.05) is 12.1 Å². The molecule has 130 valence electrons. The fraction of sp³-hybridized carbons (Fsp3) is 0.368. The molecule has 1 aliphatic heterocycles. The number of likely N-dealkylation sites (N-methyl/N-ethyl adjacent to an activating group) is 1. The lowest BCUT2D eigenvalue weighted by molar-refractivity contribution is -0.125. The molecule has 0 spiro atoms. The van der Waals surface area contributed by atoms with Crippen LogP contribution in [0.25, 0.3) is 11.3 Å². The molecule has 2 aromatic rings. The van der Waals surface area contributed by atoms with Gasteiger partial charge >= 0.3 is 0 Å². The first-order chi connectivity index (χ1) is 12.1. The van der Waals surface area contributed by atoms with Crippen molar-refractivity contribution in [2.24, 2.45) is 5.73 Å². The number of carbonyl (C=O) groups is 1. The van der Waals surface area contributed by atoms with E-state index in [0.29, 0.717) is 37.4 Å². The van der Waals surface area contributed by atoms with Gasteiger partial charge in [-0.2, -0.15) is 5.26 Å². The van der Waals surface area contributed by atoms with Crippen LogP contribution in [-0.4, -0.2) is 36.0 Å². The summed E-state index contributed by atoms with van der Waals surface area (Å²) >= 11 is 0. The van der Waals surface area contributed by atoms with E-state index in [1.165, 1.54) is 0 Å². The molecule has 1 amide bonds. The van der Waals surface area contributed by atoms with Gasteiger partial charge in [-0.3, -0.25) is 9.69 Å². The zero-order chi connectivity index (χ0) is 17.8. The Morgan fingerprint density at radius 1 is 1.40 bits per heavy atom. The number of hydrogen-bond donors (Lipinski definition) is 2. The SMILES string of the molecule is CCNC(=O)[C@@H]1C[C@H](N)CN1Cc1ccc(-c2ccccc2C#N)o1. The number of nitriles is 1. The van der Waals surface area contributed by atoms with E-state index in [-0.39, 0.29) is 18.0 Å². The van der Waals surface area contributed by atoms with Crippen molar-refractivity contribution < 1.29 is 9.21 Å². The summed E-state index contributed by atoms with van der Waals surface area (Å²) in [5.41, 5.74) is 7.40. The summed E-state index contributed by atoms with van der Waals surface area (Å²) < 4.78 is 5.93. The van der Waals surface area contributed by atoms with Crippen LogP contribution in [-0.2, 0) is 11.3 Å². The predicted molar refractivity (Wildman–Crippen MR) is 94.3 cm³/mol. The lowest BCUT2D eigenvalue weighted by Crippen LogP contribution is -2.42. The zero-order valence-electron chi connectivity index (χ0n) is 14.2. The highest BCUT2D eigenvalue weighted by Crippen LogP contribution is 2.27. The molecule has 0 radical (unpaired) electrons. The van der Waals surface area contributed by atoms with Gasteiger partial charge in [0.1, 0.15) is 11.5 Å². The van der Waals surface area contributed by atoms with Crippen LogP contribution in [0.4, 0.5) is 0 Å². The third-order valence-electron chi connectivity index (χ3n) is 4.42. The molecule has 1 aromatic heterocycles. The molecule has 0 unspecified atom stereocenters. The molecule has 3 rings (SSSR count). The van der Waals surface area contributed by atoms with Gasteiger partial charge in [-0.05, 0) is 37.6 Å². The summed E-state index contributed by atoms with van der Waals surface area (Å²) in [5.74, 6) is 1.42. The maximum atomic E-state index is 12.2. The summed E-state index contributed by atoms with van der Waals surface area (Å²) in [6.45, 7) is 3.69. The van der Waals surface area contributed by atoms with Gasteiger partial charge in [-0.15, -0.1) is 0 Å². The van der Waals surface area contributed by atoms with Crippen molar-refractivity contribution in [2.45, 2.75) is 32.0 Å². The van der Waals surface area contributed by atoms with Crippen LogP contribution in [0.3, 0.4) is 0 Å². The first-order valence-corrected chi connectivity index (χ1v) is 8.48. The van der Waals surface area contributed by atoms with Crippen LogP contribution in [0.2, 0.25) is 0 Å². The largest absolute Gasteiger partial charge is 0.460 e. The number of benzene rings is 1. The molecule has 3 N–H and O–H groups in total. The molecule has 0 bridgehead atoms. The molecule has 1 aromatic carbocycles.